The first kappa shape index (κ1) is 29.5. The van der Waals surface area contributed by atoms with Gasteiger partial charge in [-0.2, -0.15) is 0 Å². The largest absolute Gasteiger partial charge is 0.228 e. The van der Waals surface area contributed by atoms with Gasteiger partial charge in [0.2, 0.25) is 0 Å². The molecular formula is C49H34N2. The van der Waals surface area contributed by atoms with E-state index >= 15 is 0 Å². The Hall–Kier alpha value is -6.38. The van der Waals surface area contributed by atoms with E-state index in [-0.39, 0.29) is 5.41 Å². The first-order chi connectivity index (χ1) is 25.1. The van der Waals surface area contributed by atoms with E-state index in [0.717, 1.165) is 28.3 Å². The van der Waals surface area contributed by atoms with Gasteiger partial charge < -0.3 is 0 Å². The van der Waals surface area contributed by atoms with Crippen LogP contribution in [0.5, 0.6) is 0 Å². The fraction of sp³-hybridized carbons (Fsp3) is 0.0612. The van der Waals surface area contributed by atoms with Crippen LogP contribution in [0, 0.1) is 0 Å². The quantitative estimate of drug-likeness (QED) is 0.177. The maximum atomic E-state index is 5.37. The predicted octanol–water partition coefficient (Wildman–Crippen LogP) is 12.9. The van der Waals surface area contributed by atoms with Gasteiger partial charge in [-0.05, 0) is 72.3 Å². The van der Waals surface area contributed by atoms with Gasteiger partial charge in [0, 0.05) is 27.7 Å². The van der Waals surface area contributed by atoms with E-state index in [4.69, 9.17) is 9.97 Å². The Morgan fingerprint density at radius 1 is 0.392 bits per heavy atom. The van der Waals surface area contributed by atoms with Gasteiger partial charge in [-0.3, -0.25) is 0 Å². The van der Waals surface area contributed by atoms with Crippen molar-refractivity contribution in [3.05, 3.63) is 181 Å². The monoisotopic (exact) mass is 650 g/mol. The van der Waals surface area contributed by atoms with Gasteiger partial charge >= 0.3 is 0 Å². The molecular weight excluding hydrogens is 617 g/mol. The molecule has 8 aromatic carbocycles. The van der Waals surface area contributed by atoms with Gasteiger partial charge in [-0.15, -0.1) is 0 Å². The number of aromatic nitrogens is 2. The van der Waals surface area contributed by atoms with E-state index < -0.39 is 0 Å². The highest BCUT2D eigenvalue weighted by atomic mass is 14.9. The molecule has 0 spiro atoms. The minimum atomic E-state index is -0.284. The average molecular weight is 651 g/mol. The third kappa shape index (κ3) is 4.57. The third-order valence-electron chi connectivity index (χ3n) is 10.8. The van der Waals surface area contributed by atoms with Crippen LogP contribution in [0.15, 0.2) is 170 Å². The van der Waals surface area contributed by atoms with Crippen LogP contribution in [0.3, 0.4) is 0 Å². The lowest BCUT2D eigenvalue weighted by molar-refractivity contribution is 0.658. The second-order valence-corrected chi connectivity index (χ2v) is 14.1. The normalized spacial score (nSPS) is 13.1. The van der Waals surface area contributed by atoms with Crippen LogP contribution in [0.4, 0.5) is 0 Å². The molecule has 0 saturated carbocycles. The molecule has 10 rings (SSSR count). The fourth-order valence-electron chi connectivity index (χ4n) is 8.44. The number of fused-ring (bicyclic) bond motifs is 6. The minimum Gasteiger partial charge on any atom is -0.228 e. The van der Waals surface area contributed by atoms with Crippen LogP contribution in [-0.4, -0.2) is 9.97 Å². The van der Waals surface area contributed by atoms with Crippen LogP contribution in [0.2, 0.25) is 0 Å². The van der Waals surface area contributed by atoms with Crippen LogP contribution >= 0.6 is 0 Å². The molecule has 0 amide bonds. The van der Waals surface area contributed by atoms with E-state index in [1.54, 1.807) is 0 Å². The zero-order chi connectivity index (χ0) is 34.1. The van der Waals surface area contributed by atoms with Gasteiger partial charge in [-0.25, -0.2) is 9.97 Å². The Balaban J connectivity index is 1.25. The summed E-state index contributed by atoms with van der Waals surface area (Å²) in [7, 11) is 0. The van der Waals surface area contributed by atoms with Crippen molar-refractivity contribution in [3.8, 4) is 56.2 Å². The smallest absolute Gasteiger partial charge is 0.160 e. The standard InChI is InChI=1S/C49H34N2/c1-49(2)42-28-27-36(30-41(42)47-45(49)46(32-16-5-3-6-17-32)50-48(51-47)33-18-7-4-8-19-33)44-39-23-13-11-21-37(39)43(38-22-12-14-24-40(38)44)35-26-25-31-15-9-10-20-34(31)29-35/h3-30H,1-2H3. The van der Waals surface area contributed by atoms with E-state index in [9.17, 15) is 0 Å². The van der Waals surface area contributed by atoms with E-state index in [1.165, 1.54) is 71.3 Å². The van der Waals surface area contributed by atoms with Crippen LogP contribution < -0.4 is 0 Å². The van der Waals surface area contributed by atoms with E-state index in [2.05, 4.69) is 178 Å². The molecule has 0 saturated heterocycles. The Kier molecular flexibility index (Phi) is 6.56. The van der Waals surface area contributed by atoms with Crippen molar-refractivity contribution >= 4 is 32.3 Å². The van der Waals surface area contributed by atoms with Gasteiger partial charge in [-0.1, -0.05) is 172 Å². The summed E-state index contributed by atoms with van der Waals surface area (Å²) in [6.07, 6.45) is 0. The van der Waals surface area contributed by atoms with Crippen LogP contribution in [0.25, 0.3) is 88.5 Å². The SMILES string of the molecule is CC1(C)c2ccc(-c3c4ccccc4c(-c4ccc5ccccc5c4)c4ccccc34)cc2-c2nc(-c3ccccc3)nc(-c3ccccc3)c21. The minimum absolute atomic E-state index is 0.284. The molecule has 51 heavy (non-hydrogen) atoms. The van der Waals surface area contributed by atoms with Crippen molar-refractivity contribution in [3.63, 3.8) is 0 Å². The predicted molar refractivity (Wildman–Crippen MR) is 214 cm³/mol. The second-order valence-electron chi connectivity index (χ2n) is 14.1. The lowest BCUT2D eigenvalue weighted by Gasteiger charge is -2.24. The van der Waals surface area contributed by atoms with Crippen molar-refractivity contribution in [2.24, 2.45) is 0 Å². The molecule has 0 bridgehead atoms. The van der Waals surface area contributed by atoms with Gasteiger partial charge in [0.15, 0.2) is 5.82 Å². The van der Waals surface area contributed by atoms with Crippen LogP contribution in [0.1, 0.15) is 25.0 Å². The Bertz CT molecular complexity index is 2760. The summed E-state index contributed by atoms with van der Waals surface area (Å²) < 4.78 is 0. The third-order valence-corrected chi connectivity index (χ3v) is 10.8. The summed E-state index contributed by atoms with van der Waals surface area (Å²) >= 11 is 0. The van der Waals surface area contributed by atoms with E-state index in [1.807, 2.05) is 6.07 Å². The van der Waals surface area contributed by atoms with Crippen molar-refractivity contribution < 1.29 is 0 Å². The number of nitrogens with zero attached hydrogens (tertiary/aromatic N) is 2. The zero-order valence-electron chi connectivity index (χ0n) is 28.6. The lowest BCUT2D eigenvalue weighted by Crippen LogP contribution is -2.17. The highest BCUT2D eigenvalue weighted by Gasteiger charge is 2.40. The molecule has 2 nitrogen and oxygen atoms in total. The summed E-state index contributed by atoms with van der Waals surface area (Å²) in [5.74, 6) is 0.748. The Morgan fingerprint density at radius 2 is 0.882 bits per heavy atom. The molecule has 0 unspecified atom stereocenters. The molecule has 0 N–H and O–H groups in total. The molecule has 1 aliphatic carbocycles. The molecule has 0 aliphatic heterocycles. The molecule has 1 aliphatic rings. The first-order valence-electron chi connectivity index (χ1n) is 17.7. The summed E-state index contributed by atoms with van der Waals surface area (Å²) in [5.41, 5.74) is 12.4. The van der Waals surface area contributed by atoms with Crippen molar-refractivity contribution in [1.82, 2.24) is 9.97 Å². The molecule has 0 radical (unpaired) electrons. The molecule has 9 aromatic rings. The number of rotatable bonds is 4. The number of hydrogen-bond donors (Lipinski definition) is 0. The molecule has 0 atom stereocenters. The molecule has 0 fully saturated rings. The van der Waals surface area contributed by atoms with Crippen molar-refractivity contribution in [2.75, 3.05) is 0 Å². The first-order valence-corrected chi connectivity index (χ1v) is 17.7. The Labute approximate surface area is 297 Å². The summed E-state index contributed by atoms with van der Waals surface area (Å²) in [5, 5.41) is 7.50. The molecule has 240 valence electrons. The van der Waals surface area contributed by atoms with E-state index in [0.29, 0.717) is 0 Å². The zero-order valence-corrected chi connectivity index (χ0v) is 28.6. The van der Waals surface area contributed by atoms with Gasteiger partial charge in [0.05, 0.1) is 11.4 Å². The highest BCUT2D eigenvalue weighted by molar-refractivity contribution is 6.22. The Morgan fingerprint density at radius 3 is 1.51 bits per heavy atom. The average Bonchev–Trinajstić information content (AvgIpc) is 3.42. The number of hydrogen-bond acceptors (Lipinski definition) is 2. The fourth-order valence-corrected chi connectivity index (χ4v) is 8.44. The summed E-state index contributed by atoms with van der Waals surface area (Å²) in [6, 6.07) is 61.3. The molecule has 1 aromatic heterocycles. The van der Waals surface area contributed by atoms with Gasteiger partial charge in [0.1, 0.15) is 0 Å². The summed E-state index contributed by atoms with van der Waals surface area (Å²) in [4.78, 5) is 10.6. The van der Waals surface area contributed by atoms with Crippen LogP contribution in [-0.2, 0) is 5.41 Å². The van der Waals surface area contributed by atoms with Crippen molar-refractivity contribution in [1.29, 1.82) is 0 Å². The topological polar surface area (TPSA) is 25.8 Å². The lowest BCUT2D eigenvalue weighted by atomic mass is 9.80. The molecule has 1 heterocycles. The molecule has 2 heteroatoms. The highest BCUT2D eigenvalue weighted by Crippen LogP contribution is 2.53. The maximum Gasteiger partial charge on any atom is 0.160 e. The van der Waals surface area contributed by atoms with Gasteiger partial charge in [0.25, 0.3) is 0 Å². The number of benzene rings is 8. The second kappa shape index (κ2) is 11.3. The summed E-state index contributed by atoms with van der Waals surface area (Å²) in [6.45, 7) is 4.64. The van der Waals surface area contributed by atoms with Crippen molar-refractivity contribution in [2.45, 2.75) is 19.3 Å². The maximum absolute atomic E-state index is 5.37.